The van der Waals surface area contributed by atoms with Gasteiger partial charge in [0.1, 0.15) is 0 Å². The summed E-state index contributed by atoms with van der Waals surface area (Å²) in [5.41, 5.74) is 0.234. The van der Waals surface area contributed by atoms with Crippen LogP contribution in [0.25, 0.3) is 0 Å². The van der Waals surface area contributed by atoms with Crippen molar-refractivity contribution in [3.63, 3.8) is 0 Å². The highest BCUT2D eigenvalue weighted by Crippen LogP contribution is 2.18. The number of benzene rings is 1. The van der Waals surface area contributed by atoms with Crippen LogP contribution >= 0.6 is 0 Å². The predicted molar refractivity (Wildman–Crippen MR) is 66.9 cm³/mol. The summed E-state index contributed by atoms with van der Waals surface area (Å²) in [6.07, 6.45) is 1.10. The molecule has 1 rings (SSSR count). The maximum absolute atomic E-state index is 13.5. The molecular weight excluding hydrogens is 239 g/mol. The molecule has 1 aromatic rings. The van der Waals surface area contributed by atoms with Crippen LogP contribution in [0.4, 0.5) is 13.2 Å². The lowest BCUT2D eigenvalue weighted by molar-refractivity contribution is 0.380. The van der Waals surface area contributed by atoms with Gasteiger partial charge < -0.3 is 5.32 Å². The summed E-state index contributed by atoms with van der Waals surface area (Å²) in [6.45, 7) is 7.00. The Kier molecular flexibility index (Phi) is 5.66. The summed E-state index contributed by atoms with van der Waals surface area (Å²) in [4.78, 5) is 0. The molecule has 0 saturated heterocycles. The average molecular weight is 259 g/mol. The third-order valence-corrected chi connectivity index (χ3v) is 3.11. The molecule has 1 unspecified atom stereocenters. The third kappa shape index (κ3) is 3.73. The van der Waals surface area contributed by atoms with E-state index in [1.807, 2.05) is 6.92 Å². The van der Waals surface area contributed by atoms with E-state index in [2.05, 4.69) is 19.2 Å². The van der Waals surface area contributed by atoms with E-state index in [0.29, 0.717) is 18.8 Å². The SMILES string of the molecule is CCNC(CCc1ccc(F)c(F)c1F)C(C)C. The van der Waals surface area contributed by atoms with Gasteiger partial charge in [0.15, 0.2) is 17.5 Å². The molecule has 0 saturated carbocycles. The number of rotatable bonds is 6. The number of hydrogen-bond acceptors (Lipinski definition) is 1. The van der Waals surface area contributed by atoms with Crippen molar-refractivity contribution in [2.24, 2.45) is 5.92 Å². The Bertz CT molecular complexity index is 391. The number of halogens is 3. The first-order valence-corrected chi connectivity index (χ1v) is 6.33. The molecule has 0 fully saturated rings. The highest BCUT2D eigenvalue weighted by Gasteiger charge is 2.16. The first kappa shape index (κ1) is 15.0. The quantitative estimate of drug-likeness (QED) is 0.769. The largest absolute Gasteiger partial charge is 0.314 e. The highest BCUT2D eigenvalue weighted by molar-refractivity contribution is 5.20. The maximum Gasteiger partial charge on any atom is 0.194 e. The Morgan fingerprint density at radius 2 is 1.78 bits per heavy atom. The molecule has 18 heavy (non-hydrogen) atoms. The number of nitrogens with one attached hydrogen (secondary N) is 1. The Balaban J connectivity index is 2.70. The van der Waals surface area contributed by atoms with Gasteiger partial charge in [-0.15, -0.1) is 0 Å². The normalized spacial score (nSPS) is 13.1. The van der Waals surface area contributed by atoms with Crippen LogP contribution in [-0.2, 0) is 6.42 Å². The zero-order chi connectivity index (χ0) is 13.7. The Labute approximate surface area is 106 Å². The maximum atomic E-state index is 13.5. The van der Waals surface area contributed by atoms with Crippen LogP contribution in [0.1, 0.15) is 32.8 Å². The van der Waals surface area contributed by atoms with E-state index in [-0.39, 0.29) is 11.6 Å². The Morgan fingerprint density at radius 3 is 2.33 bits per heavy atom. The lowest BCUT2D eigenvalue weighted by atomic mass is 9.96. The van der Waals surface area contributed by atoms with Crippen LogP contribution in [0.2, 0.25) is 0 Å². The second kappa shape index (κ2) is 6.78. The van der Waals surface area contributed by atoms with E-state index in [1.54, 1.807) is 0 Å². The van der Waals surface area contributed by atoms with E-state index in [0.717, 1.165) is 12.6 Å². The first-order chi connectivity index (χ1) is 8.47. The monoisotopic (exact) mass is 259 g/mol. The van der Waals surface area contributed by atoms with Gasteiger partial charge in [0, 0.05) is 6.04 Å². The lowest BCUT2D eigenvalue weighted by Gasteiger charge is -2.21. The van der Waals surface area contributed by atoms with Gasteiger partial charge in [0.05, 0.1) is 0 Å². The summed E-state index contributed by atoms with van der Waals surface area (Å²) < 4.78 is 39.3. The van der Waals surface area contributed by atoms with Gasteiger partial charge in [0.25, 0.3) is 0 Å². The summed E-state index contributed by atoms with van der Waals surface area (Å²) >= 11 is 0. The van der Waals surface area contributed by atoms with Crippen LogP contribution < -0.4 is 5.32 Å². The topological polar surface area (TPSA) is 12.0 Å². The van der Waals surface area contributed by atoms with Crippen molar-refractivity contribution in [2.45, 2.75) is 39.7 Å². The lowest BCUT2D eigenvalue weighted by Crippen LogP contribution is -2.34. The van der Waals surface area contributed by atoms with Crippen molar-refractivity contribution in [2.75, 3.05) is 6.54 Å². The molecule has 1 aromatic carbocycles. The summed E-state index contributed by atoms with van der Waals surface area (Å²) in [6, 6.07) is 2.55. The van der Waals surface area contributed by atoms with Crippen LogP contribution in [0.15, 0.2) is 12.1 Å². The molecule has 0 heterocycles. The molecular formula is C14H20F3N. The van der Waals surface area contributed by atoms with Crippen LogP contribution in [0.3, 0.4) is 0 Å². The molecule has 1 atom stereocenters. The second-order valence-corrected chi connectivity index (χ2v) is 4.78. The zero-order valence-corrected chi connectivity index (χ0v) is 11.1. The van der Waals surface area contributed by atoms with Crippen molar-refractivity contribution in [3.8, 4) is 0 Å². The van der Waals surface area contributed by atoms with E-state index in [4.69, 9.17) is 0 Å². The molecule has 4 heteroatoms. The van der Waals surface area contributed by atoms with E-state index in [1.165, 1.54) is 6.07 Å². The van der Waals surface area contributed by atoms with Crippen molar-refractivity contribution in [1.82, 2.24) is 5.32 Å². The molecule has 0 aliphatic heterocycles. The van der Waals surface area contributed by atoms with E-state index >= 15 is 0 Å². The van der Waals surface area contributed by atoms with Crippen LogP contribution in [-0.4, -0.2) is 12.6 Å². The molecule has 0 aliphatic carbocycles. The van der Waals surface area contributed by atoms with Crippen molar-refractivity contribution < 1.29 is 13.2 Å². The molecule has 0 radical (unpaired) electrons. The van der Waals surface area contributed by atoms with Gasteiger partial charge in [-0.25, -0.2) is 13.2 Å². The minimum atomic E-state index is -1.38. The molecule has 0 aromatic heterocycles. The van der Waals surface area contributed by atoms with E-state index in [9.17, 15) is 13.2 Å². The molecule has 0 amide bonds. The number of aryl methyl sites for hydroxylation is 1. The average Bonchev–Trinajstić information content (AvgIpc) is 2.33. The standard InChI is InChI=1S/C14H20F3N/c1-4-18-12(9(2)3)8-6-10-5-7-11(15)14(17)13(10)16/h5,7,9,12,18H,4,6,8H2,1-3H3. The molecule has 0 spiro atoms. The second-order valence-electron chi connectivity index (χ2n) is 4.78. The minimum Gasteiger partial charge on any atom is -0.314 e. The predicted octanol–water partition coefficient (Wildman–Crippen LogP) is 3.67. The summed E-state index contributed by atoms with van der Waals surface area (Å²) in [5, 5.41) is 3.31. The van der Waals surface area contributed by atoms with Gasteiger partial charge in [-0.2, -0.15) is 0 Å². The number of hydrogen-bond donors (Lipinski definition) is 1. The molecule has 1 N–H and O–H groups in total. The Morgan fingerprint density at radius 1 is 1.11 bits per heavy atom. The summed E-state index contributed by atoms with van der Waals surface area (Å²) in [7, 11) is 0. The first-order valence-electron chi connectivity index (χ1n) is 6.33. The molecule has 1 nitrogen and oxygen atoms in total. The van der Waals surface area contributed by atoms with Crippen LogP contribution in [0, 0.1) is 23.4 Å². The van der Waals surface area contributed by atoms with Gasteiger partial charge in [-0.3, -0.25) is 0 Å². The fourth-order valence-electron chi connectivity index (χ4n) is 2.00. The molecule has 0 aliphatic rings. The van der Waals surface area contributed by atoms with Gasteiger partial charge in [-0.1, -0.05) is 26.8 Å². The van der Waals surface area contributed by atoms with E-state index < -0.39 is 17.5 Å². The highest BCUT2D eigenvalue weighted by atomic mass is 19.2. The third-order valence-electron chi connectivity index (χ3n) is 3.11. The van der Waals surface area contributed by atoms with Crippen LogP contribution in [0.5, 0.6) is 0 Å². The molecule has 0 bridgehead atoms. The van der Waals surface area contributed by atoms with Gasteiger partial charge >= 0.3 is 0 Å². The van der Waals surface area contributed by atoms with Crippen molar-refractivity contribution in [1.29, 1.82) is 0 Å². The van der Waals surface area contributed by atoms with Gasteiger partial charge in [-0.05, 0) is 36.9 Å². The van der Waals surface area contributed by atoms with Gasteiger partial charge in [0.2, 0.25) is 0 Å². The van der Waals surface area contributed by atoms with Crippen molar-refractivity contribution in [3.05, 3.63) is 35.1 Å². The van der Waals surface area contributed by atoms with Crippen molar-refractivity contribution >= 4 is 0 Å². The fraction of sp³-hybridized carbons (Fsp3) is 0.571. The fourth-order valence-corrected chi connectivity index (χ4v) is 2.00. The smallest absolute Gasteiger partial charge is 0.194 e. The summed E-state index contributed by atoms with van der Waals surface area (Å²) in [5.74, 6) is -3.16. The molecule has 102 valence electrons. The minimum absolute atomic E-state index is 0.234. The zero-order valence-electron chi connectivity index (χ0n) is 11.1. The Hall–Kier alpha value is -1.03.